The Hall–Kier alpha value is -1.38. The fraction of sp³-hybridized carbons (Fsp3) is 0.562. The number of hydrogen-bond donors (Lipinski definition) is 1. The monoisotopic (exact) mass is 308 g/mol. The highest BCUT2D eigenvalue weighted by molar-refractivity contribution is 7.89. The fourth-order valence-corrected chi connectivity index (χ4v) is 3.41. The molecule has 0 saturated carbocycles. The molecule has 0 heterocycles. The fourth-order valence-electron chi connectivity index (χ4n) is 2.14. The lowest BCUT2D eigenvalue weighted by Gasteiger charge is -2.16. The van der Waals surface area contributed by atoms with Gasteiger partial charge in [-0.2, -0.15) is 5.26 Å². The Kier molecular flexibility index (Phi) is 7.41. The molecule has 116 valence electrons. The van der Waals surface area contributed by atoms with E-state index in [9.17, 15) is 8.42 Å². The second kappa shape index (κ2) is 8.81. The summed E-state index contributed by atoms with van der Waals surface area (Å²) in [4.78, 5) is 0.254. The molecule has 1 N–H and O–H groups in total. The van der Waals surface area contributed by atoms with Crippen molar-refractivity contribution in [2.45, 2.75) is 63.3 Å². The predicted octanol–water partition coefficient (Wildman–Crippen LogP) is 3.53. The summed E-state index contributed by atoms with van der Waals surface area (Å²) < 4.78 is 27.3. The van der Waals surface area contributed by atoms with Crippen LogP contribution in [0.3, 0.4) is 0 Å². The standard InChI is InChI=1S/C16H24N2O2S/c1-3-4-5-6-7-15(12-13-17)18-21(19,20)16-10-8-14(2)9-11-16/h8-11,15,18H,3-7,12H2,1-2H3/t15-/m1/s1. The maximum Gasteiger partial charge on any atom is 0.240 e. The van der Waals surface area contributed by atoms with E-state index in [0.717, 1.165) is 31.2 Å². The molecule has 0 spiro atoms. The number of nitriles is 1. The smallest absolute Gasteiger partial charge is 0.207 e. The lowest BCUT2D eigenvalue weighted by molar-refractivity contribution is 0.504. The van der Waals surface area contributed by atoms with Gasteiger partial charge in [-0.3, -0.25) is 0 Å². The molecular weight excluding hydrogens is 284 g/mol. The second-order valence-electron chi connectivity index (χ2n) is 5.34. The van der Waals surface area contributed by atoms with E-state index in [2.05, 4.69) is 17.7 Å². The van der Waals surface area contributed by atoms with Gasteiger partial charge in [0, 0.05) is 6.04 Å². The first-order valence-electron chi connectivity index (χ1n) is 7.45. The zero-order valence-corrected chi connectivity index (χ0v) is 13.6. The lowest BCUT2D eigenvalue weighted by atomic mass is 10.1. The first-order chi connectivity index (χ1) is 9.99. The van der Waals surface area contributed by atoms with Gasteiger partial charge in [0.25, 0.3) is 0 Å². The maximum absolute atomic E-state index is 12.3. The van der Waals surface area contributed by atoms with Crippen LogP contribution < -0.4 is 4.72 Å². The van der Waals surface area contributed by atoms with Crippen LogP contribution in [0.25, 0.3) is 0 Å². The molecule has 1 aromatic carbocycles. The molecular formula is C16H24N2O2S. The first-order valence-corrected chi connectivity index (χ1v) is 8.94. The van der Waals surface area contributed by atoms with Gasteiger partial charge in [-0.1, -0.05) is 50.3 Å². The third-order valence-electron chi connectivity index (χ3n) is 3.40. The van der Waals surface area contributed by atoms with Crippen molar-refractivity contribution < 1.29 is 8.42 Å². The Labute approximate surface area is 128 Å². The quantitative estimate of drug-likeness (QED) is 0.709. The summed E-state index contributed by atoms with van der Waals surface area (Å²) in [7, 11) is -3.54. The molecule has 21 heavy (non-hydrogen) atoms. The van der Waals surface area contributed by atoms with E-state index in [4.69, 9.17) is 5.26 Å². The molecule has 0 aromatic heterocycles. The molecule has 0 aliphatic heterocycles. The minimum absolute atomic E-state index is 0.206. The molecule has 0 amide bonds. The SMILES string of the molecule is CCCCCC[C@H](CC#N)NS(=O)(=O)c1ccc(C)cc1. The van der Waals surface area contributed by atoms with Gasteiger partial charge in [0.1, 0.15) is 0 Å². The number of sulfonamides is 1. The van der Waals surface area contributed by atoms with Crippen molar-refractivity contribution in [1.29, 1.82) is 5.26 Å². The van der Waals surface area contributed by atoms with E-state index in [-0.39, 0.29) is 17.4 Å². The van der Waals surface area contributed by atoms with Crippen LogP contribution >= 0.6 is 0 Å². The summed E-state index contributed by atoms with van der Waals surface area (Å²) in [5, 5.41) is 8.86. The summed E-state index contributed by atoms with van der Waals surface area (Å²) in [5.74, 6) is 0. The summed E-state index contributed by atoms with van der Waals surface area (Å²) >= 11 is 0. The highest BCUT2D eigenvalue weighted by atomic mass is 32.2. The van der Waals surface area contributed by atoms with Crippen molar-refractivity contribution in [3.63, 3.8) is 0 Å². The van der Waals surface area contributed by atoms with Crippen LogP contribution in [-0.2, 0) is 10.0 Å². The van der Waals surface area contributed by atoms with Gasteiger partial charge in [0.05, 0.1) is 17.4 Å². The number of benzene rings is 1. The molecule has 0 unspecified atom stereocenters. The van der Waals surface area contributed by atoms with Crippen LogP contribution in [0.2, 0.25) is 0 Å². The predicted molar refractivity (Wildman–Crippen MR) is 84.3 cm³/mol. The van der Waals surface area contributed by atoms with Crippen LogP contribution in [0.15, 0.2) is 29.2 Å². The summed E-state index contributed by atoms with van der Waals surface area (Å²) in [5.41, 5.74) is 1.02. The number of nitrogens with one attached hydrogen (secondary N) is 1. The van der Waals surface area contributed by atoms with E-state index in [0.29, 0.717) is 6.42 Å². The lowest BCUT2D eigenvalue weighted by Crippen LogP contribution is -2.34. The van der Waals surface area contributed by atoms with Gasteiger partial charge in [0.15, 0.2) is 0 Å². The number of rotatable bonds is 9. The van der Waals surface area contributed by atoms with Crippen molar-refractivity contribution in [2.75, 3.05) is 0 Å². The molecule has 0 bridgehead atoms. The molecule has 5 heteroatoms. The normalized spacial score (nSPS) is 12.8. The van der Waals surface area contributed by atoms with Crippen LogP contribution in [0, 0.1) is 18.3 Å². The van der Waals surface area contributed by atoms with E-state index < -0.39 is 10.0 Å². The number of hydrogen-bond acceptors (Lipinski definition) is 3. The number of nitrogens with zero attached hydrogens (tertiary/aromatic N) is 1. The Balaban J connectivity index is 2.68. The molecule has 0 radical (unpaired) electrons. The number of aryl methyl sites for hydroxylation is 1. The topological polar surface area (TPSA) is 70.0 Å². The van der Waals surface area contributed by atoms with Crippen LogP contribution in [0.5, 0.6) is 0 Å². The third-order valence-corrected chi connectivity index (χ3v) is 4.93. The Morgan fingerprint density at radius 2 is 1.86 bits per heavy atom. The van der Waals surface area contributed by atoms with E-state index in [1.807, 2.05) is 6.92 Å². The van der Waals surface area contributed by atoms with Crippen molar-refractivity contribution in [3.8, 4) is 6.07 Å². The van der Waals surface area contributed by atoms with Crippen LogP contribution in [0.4, 0.5) is 0 Å². The summed E-state index contributed by atoms with van der Waals surface area (Å²) in [6.07, 6.45) is 5.21. The van der Waals surface area contributed by atoms with E-state index in [1.54, 1.807) is 24.3 Å². The van der Waals surface area contributed by atoms with Crippen molar-refractivity contribution >= 4 is 10.0 Å². The van der Waals surface area contributed by atoms with Gasteiger partial charge in [-0.15, -0.1) is 0 Å². The number of unbranched alkanes of at least 4 members (excludes halogenated alkanes) is 3. The summed E-state index contributed by atoms with van der Waals surface area (Å²) in [6, 6.07) is 8.49. The Morgan fingerprint density at radius 1 is 1.19 bits per heavy atom. The van der Waals surface area contributed by atoms with Gasteiger partial charge in [-0.05, 0) is 25.5 Å². The average Bonchev–Trinajstić information content (AvgIpc) is 2.44. The zero-order chi connectivity index (χ0) is 15.7. The van der Waals surface area contributed by atoms with Gasteiger partial charge in [-0.25, -0.2) is 13.1 Å². The van der Waals surface area contributed by atoms with Gasteiger partial charge in [0.2, 0.25) is 10.0 Å². The highest BCUT2D eigenvalue weighted by Gasteiger charge is 2.19. The molecule has 4 nitrogen and oxygen atoms in total. The molecule has 1 atom stereocenters. The third kappa shape index (κ3) is 6.28. The molecule has 0 aliphatic carbocycles. The molecule has 1 rings (SSSR count). The van der Waals surface area contributed by atoms with Gasteiger partial charge < -0.3 is 0 Å². The zero-order valence-electron chi connectivity index (χ0n) is 12.8. The first kappa shape index (κ1) is 17.7. The van der Waals surface area contributed by atoms with Crippen LogP contribution in [0.1, 0.15) is 51.0 Å². The second-order valence-corrected chi connectivity index (χ2v) is 7.06. The summed E-state index contributed by atoms with van der Waals surface area (Å²) in [6.45, 7) is 4.04. The van der Waals surface area contributed by atoms with Crippen molar-refractivity contribution in [3.05, 3.63) is 29.8 Å². The Morgan fingerprint density at radius 3 is 2.43 bits per heavy atom. The highest BCUT2D eigenvalue weighted by Crippen LogP contribution is 2.14. The average molecular weight is 308 g/mol. The van der Waals surface area contributed by atoms with Crippen LogP contribution in [-0.4, -0.2) is 14.5 Å². The van der Waals surface area contributed by atoms with Gasteiger partial charge >= 0.3 is 0 Å². The maximum atomic E-state index is 12.3. The van der Waals surface area contributed by atoms with E-state index >= 15 is 0 Å². The van der Waals surface area contributed by atoms with E-state index in [1.165, 1.54) is 0 Å². The minimum Gasteiger partial charge on any atom is -0.207 e. The minimum atomic E-state index is -3.54. The molecule has 0 saturated heterocycles. The largest absolute Gasteiger partial charge is 0.240 e. The van der Waals surface area contributed by atoms with Crippen molar-refractivity contribution in [1.82, 2.24) is 4.72 Å². The molecule has 0 fully saturated rings. The molecule has 0 aliphatic rings. The molecule has 1 aromatic rings. The Bertz CT molecular complexity index is 559. The van der Waals surface area contributed by atoms with Crippen molar-refractivity contribution in [2.24, 2.45) is 0 Å².